The number of rotatable bonds is 0. The van der Waals surface area contributed by atoms with Crippen LogP contribution in [0.4, 0.5) is 0 Å². The summed E-state index contributed by atoms with van der Waals surface area (Å²) >= 11 is 13.6. The van der Waals surface area contributed by atoms with Crippen molar-refractivity contribution in [3.63, 3.8) is 0 Å². The van der Waals surface area contributed by atoms with E-state index >= 15 is 0 Å². The Morgan fingerprint density at radius 1 is 0.818 bits per heavy atom. The molecule has 3 heteroatoms. The van der Waals surface area contributed by atoms with Crippen molar-refractivity contribution in [3.05, 3.63) is 0 Å². The van der Waals surface area contributed by atoms with Crippen LogP contribution >= 0.6 is 37.9 Å². The van der Waals surface area contributed by atoms with Crippen LogP contribution in [-0.2, 0) is 0 Å². The largest absolute Gasteiger partial charge is 0.174 e. The van der Waals surface area contributed by atoms with Crippen molar-refractivity contribution in [2.45, 2.75) is 36.0 Å². The summed E-state index contributed by atoms with van der Waals surface area (Å²) in [4.78, 5) is 0. The summed E-state index contributed by atoms with van der Waals surface area (Å²) in [5.74, 6) is 1.36. The van der Waals surface area contributed by atoms with Crippen LogP contribution in [0.5, 0.6) is 0 Å². The van der Waals surface area contributed by atoms with E-state index < -0.39 is 0 Å². The Bertz CT molecular complexity index is 123. The quantitative estimate of drug-likeness (QED) is 0.501. The van der Waals surface area contributed by atoms with Gasteiger partial charge in [0, 0.05) is 15.7 Å². The molecular weight excluding hydrogens is 192 g/mol. The minimum Gasteiger partial charge on any atom is -0.174 e. The normalized spacial score (nSPS) is 52.6. The molecule has 11 heavy (non-hydrogen) atoms. The first kappa shape index (κ1) is 10.1. The van der Waals surface area contributed by atoms with Gasteiger partial charge in [-0.3, -0.25) is 0 Å². The van der Waals surface area contributed by atoms with Gasteiger partial charge in [-0.1, -0.05) is 13.8 Å². The predicted octanol–water partition coefficient (Wildman–Crippen LogP) is 2.56. The lowest BCUT2D eigenvalue weighted by Gasteiger charge is -2.39. The van der Waals surface area contributed by atoms with E-state index in [0.29, 0.717) is 27.6 Å². The monoisotopic (exact) mass is 208 g/mol. The zero-order chi connectivity index (χ0) is 8.59. The van der Waals surface area contributed by atoms with Crippen LogP contribution in [0, 0.1) is 11.8 Å². The Morgan fingerprint density at radius 3 is 1.55 bits per heavy atom. The summed E-state index contributed by atoms with van der Waals surface area (Å²) in [5.41, 5.74) is 0. The van der Waals surface area contributed by atoms with Crippen molar-refractivity contribution in [3.8, 4) is 0 Å². The third-order valence-electron chi connectivity index (χ3n) is 2.61. The minimum atomic E-state index is 0.348. The fraction of sp³-hybridized carbons (Fsp3) is 1.00. The van der Waals surface area contributed by atoms with Crippen molar-refractivity contribution >= 4 is 37.9 Å². The first-order valence-corrected chi connectivity index (χ1v) is 5.63. The molecule has 4 unspecified atom stereocenters. The molecule has 4 atom stereocenters. The lowest BCUT2D eigenvalue weighted by Crippen LogP contribution is -2.41. The Kier molecular flexibility index (Phi) is 3.54. The summed E-state index contributed by atoms with van der Waals surface area (Å²) < 4.78 is 0. The van der Waals surface area contributed by atoms with Crippen LogP contribution in [0.1, 0.15) is 20.3 Å². The van der Waals surface area contributed by atoms with E-state index in [4.69, 9.17) is 0 Å². The van der Waals surface area contributed by atoms with E-state index in [0.717, 1.165) is 0 Å². The van der Waals surface area contributed by atoms with Crippen LogP contribution in [0.3, 0.4) is 0 Å². The zero-order valence-corrected chi connectivity index (χ0v) is 9.62. The molecule has 0 aromatic heterocycles. The Hall–Kier alpha value is 1.05. The molecule has 1 aliphatic rings. The Labute approximate surface area is 85.8 Å². The van der Waals surface area contributed by atoms with Gasteiger partial charge < -0.3 is 0 Å². The molecule has 1 fully saturated rings. The van der Waals surface area contributed by atoms with Crippen molar-refractivity contribution in [2.75, 3.05) is 0 Å². The van der Waals surface area contributed by atoms with E-state index in [-0.39, 0.29) is 0 Å². The number of hydrogen-bond acceptors (Lipinski definition) is 3. The molecule has 0 amide bonds. The van der Waals surface area contributed by atoms with Crippen LogP contribution < -0.4 is 0 Å². The third kappa shape index (κ3) is 2.04. The van der Waals surface area contributed by atoms with Crippen LogP contribution in [0.2, 0.25) is 0 Å². The lowest BCUT2D eigenvalue weighted by atomic mass is 9.82. The molecule has 0 radical (unpaired) electrons. The van der Waals surface area contributed by atoms with E-state index in [1.807, 2.05) is 0 Å². The van der Waals surface area contributed by atoms with Gasteiger partial charge in [-0.05, 0) is 18.3 Å². The molecule has 0 aromatic carbocycles. The standard InChI is InChI=1S/C8H16S3/c1-4-3-5(2)7(10)8(11)6(4)9/h4-11H,3H2,1-2H3. The number of thiol groups is 3. The van der Waals surface area contributed by atoms with Crippen molar-refractivity contribution in [1.29, 1.82) is 0 Å². The minimum absolute atomic E-state index is 0.348. The molecular formula is C8H16S3. The van der Waals surface area contributed by atoms with E-state index in [9.17, 15) is 0 Å². The molecule has 0 aliphatic heterocycles. The highest BCUT2D eigenvalue weighted by Gasteiger charge is 2.35. The van der Waals surface area contributed by atoms with Crippen LogP contribution in [-0.4, -0.2) is 15.7 Å². The van der Waals surface area contributed by atoms with Gasteiger partial charge in [0.05, 0.1) is 0 Å². The molecule has 0 aromatic rings. The number of hydrogen-bond donors (Lipinski definition) is 3. The first-order chi connectivity index (χ1) is 5.04. The average molecular weight is 208 g/mol. The molecule has 66 valence electrons. The molecule has 0 nitrogen and oxygen atoms in total. The highest BCUT2D eigenvalue weighted by Crippen LogP contribution is 2.37. The summed E-state index contributed by atoms with van der Waals surface area (Å²) in [6.45, 7) is 4.49. The van der Waals surface area contributed by atoms with Gasteiger partial charge in [0.2, 0.25) is 0 Å². The van der Waals surface area contributed by atoms with E-state index in [1.54, 1.807) is 0 Å². The van der Waals surface area contributed by atoms with Gasteiger partial charge in [0.15, 0.2) is 0 Å². The average Bonchev–Trinajstić information content (AvgIpc) is 1.97. The van der Waals surface area contributed by atoms with Gasteiger partial charge in [0.1, 0.15) is 0 Å². The lowest BCUT2D eigenvalue weighted by molar-refractivity contribution is 0.330. The molecule has 1 aliphatic carbocycles. The zero-order valence-electron chi connectivity index (χ0n) is 6.94. The maximum Gasteiger partial charge on any atom is 0.0255 e. The second kappa shape index (κ2) is 3.84. The van der Waals surface area contributed by atoms with Crippen LogP contribution in [0.25, 0.3) is 0 Å². The van der Waals surface area contributed by atoms with Gasteiger partial charge >= 0.3 is 0 Å². The van der Waals surface area contributed by atoms with Gasteiger partial charge in [-0.15, -0.1) is 0 Å². The summed E-state index contributed by atoms with van der Waals surface area (Å²) in [6, 6.07) is 0. The molecule has 1 saturated carbocycles. The van der Waals surface area contributed by atoms with Crippen molar-refractivity contribution in [2.24, 2.45) is 11.8 Å². The predicted molar refractivity (Wildman–Crippen MR) is 61.3 cm³/mol. The molecule has 1 rings (SSSR count). The summed E-state index contributed by atoms with van der Waals surface area (Å²) in [5, 5.41) is 1.18. The molecule has 0 heterocycles. The molecule has 0 N–H and O–H groups in total. The second-order valence-electron chi connectivity index (χ2n) is 3.66. The fourth-order valence-corrected chi connectivity index (χ4v) is 3.08. The Balaban J connectivity index is 2.63. The maximum atomic E-state index is 4.53. The fourth-order valence-electron chi connectivity index (χ4n) is 1.74. The van der Waals surface area contributed by atoms with Gasteiger partial charge in [0.25, 0.3) is 0 Å². The molecule has 0 bridgehead atoms. The third-order valence-corrected chi connectivity index (χ3v) is 5.38. The highest BCUT2D eigenvalue weighted by atomic mass is 32.1. The molecule has 0 spiro atoms. The van der Waals surface area contributed by atoms with E-state index in [1.165, 1.54) is 6.42 Å². The second-order valence-corrected chi connectivity index (χ2v) is 5.45. The van der Waals surface area contributed by atoms with Gasteiger partial charge in [-0.2, -0.15) is 37.9 Å². The summed E-state index contributed by atoms with van der Waals surface area (Å²) in [7, 11) is 0. The smallest absolute Gasteiger partial charge is 0.0255 e. The van der Waals surface area contributed by atoms with Gasteiger partial charge in [-0.25, -0.2) is 0 Å². The highest BCUT2D eigenvalue weighted by molar-refractivity contribution is 7.87. The molecule has 0 saturated heterocycles. The topological polar surface area (TPSA) is 0 Å². The SMILES string of the molecule is CC1CC(C)C(S)C(S)C1S. The first-order valence-electron chi connectivity index (χ1n) is 4.08. The van der Waals surface area contributed by atoms with Crippen molar-refractivity contribution < 1.29 is 0 Å². The maximum absolute atomic E-state index is 4.53. The summed E-state index contributed by atoms with van der Waals surface area (Å²) in [6.07, 6.45) is 1.24. The Morgan fingerprint density at radius 2 is 1.18 bits per heavy atom. The van der Waals surface area contributed by atoms with Crippen molar-refractivity contribution in [1.82, 2.24) is 0 Å². The van der Waals surface area contributed by atoms with E-state index in [2.05, 4.69) is 51.7 Å². The van der Waals surface area contributed by atoms with Crippen LogP contribution in [0.15, 0.2) is 0 Å².